The Labute approximate surface area is 205 Å². The maximum absolute atomic E-state index is 12.6. The van der Waals surface area contributed by atoms with E-state index in [-0.39, 0.29) is 5.91 Å². The van der Waals surface area contributed by atoms with Crippen molar-refractivity contribution in [2.75, 3.05) is 50.9 Å². The van der Waals surface area contributed by atoms with Crippen molar-refractivity contribution in [2.45, 2.75) is 70.3 Å². The van der Waals surface area contributed by atoms with Gasteiger partial charge in [0.2, 0.25) is 0 Å². The first-order valence-corrected chi connectivity index (χ1v) is 13.2. The Morgan fingerprint density at radius 1 is 1.06 bits per heavy atom. The second kappa shape index (κ2) is 14.1. The number of aromatic nitrogens is 1. The third kappa shape index (κ3) is 7.84. The molecule has 0 aliphatic carbocycles. The molecule has 1 aliphatic heterocycles. The van der Waals surface area contributed by atoms with E-state index in [2.05, 4.69) is 45.0 Å². The summed E-state index contributed by atoms with van der Waals surface area (Å²) in [6.07, 6.45) is 13.9. The topological polar surface area (TPSA) is 95.3 Å². The number of amides is 1. The average Bonchev–Trinajstić information content (AvgIpc) is 2.86. The van der Waals surface area contributed by atoms with E-state index in [1.807, 2.05) is 6.07 Å². The fourth-order valence-electron chi connectivity index (χ4n) is 4.68. The van der Waals surface area contributed by atoms with E-state index in [9.17, 15) is 4.79 Å². The average molecular weight is 469 g/mol. The largest absolute Gasteiger partial charge is 0.385 e. The van der Waals surface area contributed by atoms with Crippen molar-refractivity contribution in [2.24, 2.45) is 5.73 Å². The molecule has 0 bridgehead atoms. The highest BCUT2D eigenvalue weighted by Gasteiger charge is 2.21. The maximum Gasteiger partial charge on any atom is 0.254 e. The predicted molar refractivity (Wildman–Crippen MR) is 144 cm³/mol. The van der Waals surface area contributed by atoms with E-state index in [0.717, 1.165) is 74.1 Å². The van der Waals surface area contributed by atoms with Gasteiger partial charge in [0.05, 0.1) is 16.8 Å². The lowest BCUT2D eigenvalue weighted by Gasteiger charge is -2.31. The molecule has 1 fully saturated rings. The van der Waals surface area contributed by atoms with Gasteiger partial charge in [0.25, 0.3) is 5.91 Å². The number of nitrogens with zero attached hydrogens (tertiary/aromatic N) is 2. The number of hydrogen-bond acceptors (Lipinski definition) is 6. The van der Waals surface area contributed by atoms with Gasteiger partial charge in [0.1, 0.15) is 0 Å². The highest BCUT2D eigenvalue weighted by Crippen LogP contribution is 2.30. The number of anilines is 2. The molecular formula is C27H44N6O. The second-order valence-corrected chi connectivity index (χ2v) is 9.62. The summed E-state index contributed by atoms with van der Waals surface area (Å²) in [6, 6.07) is 6.64. The summed E-state index contributed by atoms with van der Waals surface area (Å²) < 4.78 is 0. The third-order valence-electron chi connectivity index (χ3n) is 6.87. The summed E-state index contributed by atoms with van der Waals surface area (Å²) in [4.78, 5) is 19.5. The first-order chi connectivity index (χ1) is 16.6. The van der Waals surface area contributed by atoms with Crippen molar-refractivity contribution >= 4 is 28.2 Å². The molecule has 0 radical (unpaired) electrons. The van der Waals surface area contributed by atoms with Crippen molar-refractivity contribution in [3.8, 4) is 0 Å². The Bertz CT molecular complexity index is 894. The van der Waals surface area contributed by atoms with E-state index in [4.69, 9.17) is 5.73 Å². The number of likely N-dealkylation sites (tertiary alicyclic amines) is 1. The number of pyridine rings is 1. The smallest absolute Gasteiger partial charge is 0.254 e. The maximum atomic E-state index is 12.6. The lowest BCUT2D eigenvalue weighted by atomic mass is 10.0. The lowest BCUT2D eigenvalue weighted by molar-refractivity contribution is 0.0963. The summed E-state index contributed by atoms with van der Waals surface area (Å²) >= 11 is 0. The van der Waals surface area contributed by atoms with Crippen LogP contribution in [0.15, 0.2) is 24.4 Å². The highest BCUT2D eigenvalue weighted by molar-refractivity contribution is 6.07. The van der Waals surface area contributed by atoms with Crippen LogP contribution in [0.1, 0.15) is 74.6 Å². The molecule has 2 aromatic rings. The number of nitrogens with one attached hydrogen (secondary N) is 3. The molecule has 2 heterocycles. The highest BCUT2D eigenvalue weighted by atomic mass is 16.1. The summed E-state index contributed by atoms with van der Waals surface area (Å²) in [5.74, 6) is -0.105. The van der Waals surface area contributed by atoms with Crippen LogP contribution in [0.4, 0.5) is 11.4 Å². The van der Waals surface area contributed by atoms with Crippen LogP contribution in [0.3, 0.4) is 0 Å². The van der Waals surface area contributed by atoms with Crippen LogP contribution in [0.2, 0.25) is 0 Å². The van der Waals surface area contributed by atoms with Gasteiger partial charge in [-0.05, 0) is 70.6 Å². The van der Waals surface area contributed by atoms with Gasteiger partial charge in [0.15, 0.2) is 0 Å². The molecule has 5 N–H and O–H groups in total. The Morgan fingerprint density at radius 2 is 1.74 bits per heavy atom. The molecule has 0 spiro atoms. The molecule has 1 aliphatic rings. The lowest BCUT2D eigenvalue weighted by Crippen LogP contribution is -2.37. The van der Waals surface area contributed by atoms with Crippen LogP contribution in [-0.4, -0.2) is 62.1 Å². The van der Waals surface area contributed by atoms with Gasteiger partial charge < -0.3 is 26.6 Å². The Kier molecular flexibility index (Phi) is 10.9. The quantitative estimate of drug-likeness (QED) is 0.303. The zero-order valence-corrected chi connectivity index (χ0v) is 21.2. The molecule has 7 nitrogen and oxygen atoms in total. The molecule has 7 heteroatoms. The fraction of sp³-hybridized carbons (Fsp3) is 0.630. The van der Waals surface area contributed by atoms with Crippen LogP contribution in [0.5, 0.6) is 0 Å². The molecular weight excluding hydrogens is 424 g/mol. The van der Waals surface area contributed by atoms with Crippen LogP contribution < -0.4 is 21.7 Å². The molecule has 0 saturated carbocycles. The minimum atomic E-state index is -0.105. The molecule has 0 unspecified atom stereocenters. The van der Waals surface area contributed by atoms with E-state index in [1.54, 1.807) is 13.2 Å². The summed E-state index contributed by atoms with van der Waals surface area (Å²) in [5.41, 5.74) is 9.05. The minimum Gasteiger partial charge on any atom is -0.385 e. The molecule has 0 atom stereocenters. The fourth-order valence-corrected chi connectivity index (χ4v) is 4.68. The molecule has 34 heavy (non-hydrogen) atoms. The van der Waals surface area contributed by atoms with E-state index < -0.39 is 0 Å². The van der Waals surface area contributed by atoms with Gasteiger partial charge in [-0.3, -0.25) is 9.78 Å². The first kappa shape index (κ1) is 26.2. The SMILES string of the molecule is CNC(=O)c1cnc2ccc(NCCCCCCCCCCN)cc2c1NC1CCN(C)CC1. The minimum absolute atomic E-state index is 0.105. The molecule has 3 rings (SSSR count). The number of piperidine rings is 1. The zero-order chi connectivity index (χ0) is 24.2. The number of benzene rings is 1. The van der Waals surface area contributed by atoms with Gasteiger partial charge >= 0.3 is 0 Å². The number of nitrogens with two attached hydrogens (primary N) is 1. The number of carbonyl (C=O) groups excluding carboxylic acids is 1. The van der Waals surface area contributed by atoms with Crippen molar-refractivity contribution in [1.82, 2.24) is 15.2 Å². The summed E-state index contributed by atoms with van der Waals surface area (Å²) in [7, 11) is 3.83. The standard InChI is InChI=1S/C27H44N6O/c1-29-27(34)24-20-31-25-12-11-22(30-16-10-8-6-4-3-5-7-9-15-28)19-23(25)26(24)32-21-13-17-33(2)18-14-21/h11-12,19-21,30H,3-10,13-18,28H2,1-2H3,(H,29,34)(H,31,32). The Morgan fingerprint density at radius 3 is 2.41 bits per heavy atom. The predicted octanol–water partition coefficient (Wildman–Crippen LogP) is 4.59. The second-order valence-electron chi connectivity index (χ2n) is 9.62. The van der Waals surface area contributed by atoms with Crippen LogP contribution in [0.25, 0.3) is 10.9 Å². The van der Waals surface area contributed by atoms with Crippen molar-refractivity contribution in [3.63, 3.8) is 0 Å². The van der Waals surface area contributed by atoms with Crippen LogP contribution in [-0.2, 0) is 0 Å². The molecule has 1 aromatic heterocycles. The number of carbonyl (C=O) groups is 1. The van der Waals surface area contributed by atoms with E-state index in [1.165, 1.54) is 38.5 Å². The van der Waals surface area contributed by atoms with Crippen molar-refractivity contribution in [3.05, 3.63) is 30.0 Å². The number of unbranched alkanes of at least 4 members (excludes halogenated alkanes) is 7. The summed E-state index contributed by atoms with van der Waals surface area (Å²) in [6.45, 7) is 3.91. The van der Waals surface area contributed by atoms with Crippen LogP contribution in [0, 0.1) is 0 Å². The Hall–Kier alpha value is -2.38. The van der Waals surface area contributed by atoms with Crippen LogP contribution >= 0.6 is 0 Å². The van der Waals surface area contributed by atoms with Gasteiger partial charge in [0, 0.05) is 36.9 Å². The van der Waals surface area contributed by atoms with E-state index >= 15 is 0 Å². The Balaban J connectivity index is 1.60. The van der Waals surface area contributed by atoms with Crippen molar-refractivity contribution < 1.29 is 4.79 Å². The van der Waals surface area contributed by atoms with E-state index in [0.29, 0.717) is 11.6 Å². The number of hydrogen-bond donors (Lipinski definition) is 4. The normalized spacial score (nSPS) is 14.9. The molecule has 188 valence electrons. The van der Waals surface area contributed by atoms with Gasteiger partial charge in [-0.2, -0.15) is 0 Å². The molecule has 1 saturated heterocycles. The van der Waals surface area contributed by atoms with Crippen molar-refractivity contribution in [1.29, 1.82) is 0 Å². The van der Waals surface area contributed by atoms with Gasteiger partial charge in [-0.25, -0.2) is 0 Å². The molecule has 1 aromatic carbocycles. The number of fused-ring (bicyclic) bond motifs is 1. The molecule has 1 amide bonds. The number of rotatable bonds is 14. The zero-order valence-electron chi connectivity index (χ0n) is 21.2. The third-order valence-corrected chi connectivity index (χ3v) is 6.87. The summed E-state index contributed by atoms with van der Waals surface area (Å²) in [5, 5.41) is 11.1. The first-order valence-electron chi connectivity index (χ1n) is 13.2. The van der Waals surface area contributed by atoms with Gasteiger partial charge in [-0.15, -0.1) is 0 Å². The van der Waals surface area contributed by atoms with Gasteiger partial charge in [-0.1, -0.05) is 38.5 Å². The monoisotopic (exact) mass is 468 g/mol.